The van der Waals surface area contributed by atoms with E-state index < -0.39 is 0 Å². The Balaban J connectivity index is 2.63. The van der Waals surface area contributed by atoms with Gasteiger partial charge in [0.1, 0.15) is 4.34 Å². The van der Waals surface area contributed by atoms with Crippen LogP contribution in [0.25, 0.3) is 0 Å². The van der Waals surface area contributed by atoms with E-state index in [0.29, 0.717) is 26.8 Å². The zero-order chi connectivity index (χ0) is 14.4. The molecular weight excluding hydrogens is 301 g/mol. The summed E-state index contributed by atoms with van der Waals surface area (Å²) < 4.78 is 1.06. The smallest absolute Gasteiger partial charge is 0.179 e. The number of carbonyl (C=O) groups excluding carboxylic acids is 1. The maximum absolute atomic E-state index is 12.2. The molecule has 0 radical (unpaired) electrons. The van der Waals surface area contributed by atoms with E-state index in [1.54, 1.807) is 6.07 Å². The lowest BCUT2D eigenvalue weighted by atomic mass is 10.1. The zero-order valence-electron chi connectivity index (χ0n) is 11.7. The molecule has 0 amide bonds. The lowest BCUT2D eigenvalue weighted by Crippen LogP contribution is -2.36. The summed E-state index contributed by atoms with van der Waals surface area (Å²) in [4.78, 5) is 14.4. The summed E-state index contributed by atoms with van der Waals surface area (Å²) in [5, 5.41) is 0. The molecule has 19 heavy (non-hydrogen) atoms. The molecule has 0 saturated carbocycles. The fourth-order valence-electron chi connectivity index (χ4n) is 1.88. The van der Waals surface area contributed by atoms with Gasteiger partial charge in [-0.15, -0.1) is 11.3 Å². The summed E-state index contributed by atoms with van der Waals surface area (Å²) in [5.41, 5.74) is 0.554. The fourth-order valence-corrected chi connectivity index (χ4v) is 3.38. The number of hydrogen-bond donors (Lipinski definition) is 0. The number of Topliss-reactive ketones (excluding diaryl/α,β-unsaturated/α-hetero) is 1. The standard InChI is InChI=1S/C14H21Cl2NOS/c1-4-5-6-7-17(10(2)3)9-12(18)11-8-13(15)19-14(11)16/h8,10H,4-7,9H2,1-3H3. The van der Waals surface area contributed by atoms with Gasteiger partial charge in [-0.25, -0.2) is 0 Å². The molecule has 108 valence electrons. The van der Waals surface area contributed by atoms with Gasteiger partial charge >= 0.3 is 0 Å². The van der Waals surface area contributed by atoms with Crippen molar-refractivity contribution >= 4 is 40.3 Å². The lowest BCUT2D eigenvalue weighted by Gasteiger charge is -2.25. The van der Waals surface area contributed by atoms with Crippen molar-refractivity contribution in [2.75, 3.05) is 13.1 Å². The molecule has 0 atom stereocenters. The highest BCUT2D eigenvalue weighted by molar-refractivity contribution is 7.20. The van der Waals surface area contributed by atoms with E-state index in [1.165, 1.54) is 24.2 Å². The highest BCUT2D eigenvalue weighted by Crippen LogP contribution is 2.31. The molecule has 0 aliphatic heterocycles. The van der Waals surface area contributed by atoms with Crippen molar-refractivity contribution in [2.45, 2.75) is 46.1 Å². The Morgan fingerprint density at radius 2 is 2.05 bits per heavy atom. The molecule has 0 bridgehead atoms. The summed E-state index contributed by atoms with van der Waals surface area (Å²) >= 11 is 13.2. The predicted molar refractivity (Wildman–Crippen MR) is 84.9 cm³/mol. The molecule has 0 fully saturated rings. The second kappa shape index (κ2) is 8.25. The van der Waals surface area contributed by atoms with Crippen LogP contribution in [0, 0.1) is 0 Å². The van der Waals surface area contributed by atoms with Crippen LogP contribution in [0.5, 0.6) is 0 Å². The van der Waals surface area contributed by atoms with Crippen LogP contribution >= 0.6 is 34.5 Å². The molecule has 0 aromatic carbocycles. The highest BCUT2D eigenvalue weighted by Gasteiger charge is 2.19. The molecule has 1 aromatic heterocycles. The third-order valence-corrected chi connectivity index (χ3v) is 4.57. The maximum atomic E-state index is 12.2. The summed E-state index contributed by atoms with van der Waals surface area (Å²) in [7, 11) is 0. The van der Waals surface area contributed by atoms with E-state index in [9.17, 15) is 4.79 Å². The summed E-state index contributed by atoms with van der Waals surface area (Å²) in [6, 6.07) is 2.02. The largest absolute Gasteiger partial charge is 0.293 e. The number of thiophene rings is 1. The van der Waals surface area contributed by atoms with Crippen molar-refractivity contribution in [3.63, 3.8) is 0 Å². The van der Waals surface area contributed by atoms with Crippen LogP contribution in [0.2, 0.25) is 8.67 Å². The quantitative estimate of drug-likeness (QED) is 0.488. The molecule has 0 unspecified atom stereocenters. The average Bonchev–Trinajstić information content (AvgIpc) is 2.67. The van der Waals surface area contributed by atoms with E-state index in [-0.39, 0.29) is 5.78 Å². The molecular formula is C14H21Cl2NOS. The van der Waals surface area contributed by atoms with Crippen molar-refractivity contribution < 1.29 is 4.79 Å². The SMILES string of the molecule is CCCCCN(CC(=O)c1cc(Cl)sc1Cl)C(C)C. The first-order valence-electron chi connectivity index (χ1n) is 6.67. The van der Waals surface area contributed by atoms with Crippen LogP contribution in [0.15, 0.2) is 6.07 Å². The Morgan fingerprint density at radius 3 is 2.53 bits per heavy atom. The van der Waals surface area contributed by atoms with E-state index in [1.807, 2.05) is 0 Å². The number of rotatable bonds is 8. The van der Waals surface area contributed by atoms with Gasteiger partial charge in [0.15, 0.2) is 5.78 Å². The number of hydrogen-bond acceptors (Lipinski definition) is 3. The van der Waals surface area contributed by atoms with Crippen LogP contribution in [0.3, 0.4) is 0 Å². The summed E-state index contributed by atoms with van der Waals surface area (Å²) in [6.07, 6.45) is 3.51. The van der Waals surface area contributed by atoms with Crippen LogP contribution < -0.4 is 0 Å². The first kappa shape index (κ1) is 17.0. The van der Waals surface area contributed by atoms with Gasteiger partial charge in [0.25, 0.3) is 0 Å². The van der Waals surface area contributed by atoms with Gasteiger partial charge in [-0.3, -0.25) is 9.69 Å². The van der Waals surface area contributed by atoms with Gasteiger partial charge in [-0.05, 0) is 32.9 Å². The molecule has 0 saturated heterocycles. The number of unbranched alkanes of at least 4 members (excludes halogenated alkanes) is 2. The van der Waals surface area contributed by atoms with Crippen molar-refractivity contribution in [1.82, 2.24) is 4.90 Å². The van der Waals surface area contributed by atoms with Gasteiger partial charge in [0.2, 0.25) is 0 Å². The minimum atomic E-state index is 0.0540. The second-order valence-electron chi connectivity index (χ2n) is 4.93. The number of nitrogens with zero attached hydrogens (tertiary/aromatic N) is 1. The van der Waals surface area contributed by atoms with Gasteiger partial charge < -0.3 is 0 Å². The average molecular weight is 322 g/mol. The van der Waals surface area contributed by atoms with Crippen molar-refractivity contribution in [1.29, 1.82) is 0 Å². The number of ketones is 1. The van der Waals surface area contributed by atoms with Crippen LogP contribution in [-0.2, 0) is 0 Å². The molecule has 1 heterocycles. The minimum absolute atomic E-state index is 0.0540. The summed E-state index contributed by atoms with van der Waals surface area (Å²) in [6.45, 7) is 7.77. The lowest BCUT2D eigenvalue weighted by molar-refractivity contribution is 0.0904. The van der Waals surface area contributed by atoms with Crippen LogP contribution in [0.4, 0.5) is 0 Å². The zero-order valence-corrected chi connectivity index (χ0v) is 14.0. The fraction of sp³-hybridized carbons (Fsp3) is 0.643. The Bertz CT molecular complexity index is 418. The first-order valence-corrected chi connectivity index (χ1v) is 8.25. The minimum Gasteiger partial charge on any atom is -0.293 e. The van der Waals surface area contributed by atoms with Crippen LogP contribution in [0.1, 0.15) is 50.4 Å². The Kier molecular flexibility index (Phi) is 7.37. The third kappa shape index (κ3) is 5.42. The molecule has 1 rings (SSSR count). The Hall–Kier alpha value is -0.0900. The maximum Gasteiger partial charge on any atom is 0.179 e. The van der Waals surface area contributed by atoms with Gasteiger partial charge in [0.05, 0.1) is 16.4 Å². The van der Waals surface area contributed by atoms with Gasteiger partial charge in [-0.2, -0.15) is 0 Å². The highest BCUT2D eigenvalue weighted by atomic mass is 35.5. The summed E-state index contributed by atoms with van der Waals surface area (Å²) in [5.74, 6) is 0.0540. The monoisotopic (exact) mass is 321 g/mol. The predicted octanol–water partition coefficient (Wildman–Crippen LogP) is 5.14. The number of halogens is 2. The molecule has 2 nitrogen and oxygen atoms in total. The molecule has 0 aliphatic rings. The molecule has 0 aliphatic carbocycles. The number of carbonyl (C=O) groups is 1. The van der Waals surface area contributed by atoms with E-state index in [4.69, 9.17) is 23.2 Å². The third-order valence-electron chi connectivity index (χ3n) is 3.08. The van der Waals surface area contributed by atoms with Gasteiger partial charge in [-0.1, -0.05) is 43.0 Å². The normalized spacial score (nSPS) is 11.5. The Morgan fingerprint density at radius 1 is 1.37 bits per heavy atom. The van der Waals surface area contributed by atoms with E-state index in [2.05, 4.69) is 25.7 Å². The molecule has 1 aromatic rings. The van der Waals surface area contributed by atoms with E-state index in [0.717, 1.165) is 13.0 Å². The molecule has 0 N–H and O–H groups in total. The van der Waals surface area contributed by atoms with Crippen LogP contribution in [-0.4, -0.2) is 29.8 Å². The molecule has 5 heteroatoms. The molecule has 0 spiro atoms. The Labute approximate surface area is 129 Å². The van der Waals surface area contributed by atoms with Crippen molar-refractivity contribution in [3.05, 3.63) is 20.3 Å². The first-order chi connectivity index (χ1) is 8.95. The van der Waals surface area contributed by atoms with Gasteiger partial charge in [0, 0.05) is 6.04 Å². The van der Waals surface area contributed by atoms with Crippen molar-refractivity contribution in [3.8, 4) is 0 Å². The topological polar surface area (TPSA) is 20.3 Å². The van der Waals surface area contributed by atoms with Crippen molar-refractivity contribution in [2.24, 2.45) is 0 Å². The second-order valence-corrected chi connectivity index (χ2v) is 7.22. The van der Waals surface area contributed by atoms with E-state index >= 15 is 0 Å².